The summed E-state index contributed by atoms with van der Waals surface area (Å²) in [6, 6.07) is 0. The van der Waals surface area contributed by atoms with Gasteiger partial charge in [0.05, 0.1) is 18.5 Å². The normalized spacial score (nSPS) is 25.1. The molecule has 2 aromatic heterocycles. The van der Waals surface area contributed by atoms with Crippen molar-refractivity contribution in [1.82, 2.24) is 19.5 Å². The van der Waals surface area contributed by atoms with Crippen LogP contribution in [0.5, 0.6) is 0 Å². The van der Waals surface area contributed by atoms with Gasteiger partial charge in [-0.2, -0.15) is 4.98 Å². The number of nitrogens with zero attached hydrogens (tertiary/aromatic N) is 3. The van der Waals surface area contributed by atoms with Crippen molar-refractivity contribution in [2.24, 2.45) is 11.3 Å². The Kier molecular flexibility index (Phi) is 5.86. The van der Waals surface area contributed by atoms with Gasteiger partial charge < -0.3 is 9.16 Å². The van der Waals surface area contributed by atoms with Crippen molar-refractivity contribution < 1.29 is 14.0 Å². The summed E-state index contributed by atoms with van der Waals surface area (Å²) in [5.41, 5.74) is 0.342. The van der Waals surface area contributed by atoms with Crippen LogP contribution < -0.4 is 10.9 Å². The molecule has 1 aliphatic carbocycles. The Labute approximate surface area is 195 Å². The molecule has 1 saturated carbocycles. The lowest BCUT2D eigenvalue weighted by Crippen LogP contribution is -2.47. The SMILES string of the molecule is CC(C)C(=O)Nc1nc2c(ncn2[C@H]2CC(O[Si](C)(C)C(C)(C)C)[C@@H](C3(C)CC3)O2)c(=O)[nH]1. The Morgan fingerprint density at radius 3 is 2.61 bits per heavy atom. The molecule has 1 amide bonds. The van der Waals surface area contributed by atoms with E-state index in [2.05, 4.69) is 61.1 Å². The van der Waals surface area contributed by atoms with E-state index < -0.39 is 13.9 Å². The number of aromatic amines is 1. The molecule has 1 unspecified atom stereocenters. The van der Waals surface area contributed by atoms with Crippen molar-refractivity contribution in [2.75, 3.05) is 5.32 Å². The number of hydrogen-bond acceptors (Lipinski definition) is 6. The Morgan fingerprint density at radius 2 is 2.03 bits per heavy atom. The van der Waals surface area contributed by atoms with E-state index in [0.29, 0.717) is 12.1 Å². The number of imidazole rings is 1. The summed E-state index contributed by atoms with van der Waals surface area (Å²) in [4.78, 5) is 36.1. The monoisotopic (exact) mass is 475 g/mol. The molecule has 4 rings (SSSR count). The van der Waals surface area contributed by atoms with Crippen molar-refractivity contribution >= 4 is 31.3 Å². The number of H-pyrrole nitrogens is 1. The topological polar surface area (TPSA) is 111 Å². The number of carbonyl (C=O) groups is 1. The van der Waals surface area contributed by atoms with Gasteiger partial charge in [0.25, 0.3) is 5.56 Å². The third-order valence-corrected chi connectivity index (χ3v) is 12.1. The van der Waals surface area contributed by atoms with Gasteiger partial charge in [-0.3, -0.25) is 24.5 Å². The second-order valence-electron chi connectivity index (χ2n) is 11.7. The predicted octanol–water partition coefficient (Wildman–Crippen LogP) is 4.19. The van der Waals surface area contributed by atoms with Gasteiger partial charge in [-0.05, 0) is 36.4 Å². The molecule has 182 valence electrons. The van der Waals surface area contributed by atoms with Gasteiger partial charge in [-0.25, -0.2) is 4.98 Å². The summed E-state index contributed by atoms with van der Waals surface area (Å²) in [5, 5.41) is 2.77. The zero-order valence-electron chi connectivity index (χ0n) is 21.0. The van der Waals surface area contributed by atoms with Crippen LogP contribution in [0.4, 0.5) is 5.95 Å². The van der Waals surface area contributed by atoms with E-state index in [0.717, 1.165) is 12.8 Å². The minimum Gasteiger partial charge on any atom is -0.411 e. The molecule has 2 N–H and O–H groups in total. The van der Waals surface area contributed by atoms with Gasteiger partial charge in [0, 0.05) is 12.3 Å². The predicted molar refractivity (Wildman–Crippen MR) is 130 cm³/mol. The first-order valence-corrected chi connectivity index (χ1v) is 14.7. The second-order valence-corrected chi connectivity index (χ2v) is 16.5. The minimum absolute atomic E-state index is 0.0174. The third-order valence-electron chi connectivity index (χ3n) is 7.56. The van der Waals surface area contributed by atoms with Crippen LogP contribution in [-0.4, -0.2) is 46.0 Å². The van der Waals surface area contributed by atoms with Crippen LogP contribution in [0, 0.1) is 11.3 Å². The molecule has 1 aliphatic heterocycles. The van der Waals surface area contributed by atoms with Gasteiger partial charge in [0.2, 0.25) is 11.9 Å². The molecule has 10 heteroatoms. The van der Waals surface area contributed by atoms with Crippen LogP contribution in [0.15, 0.2) is 11.1 Å². The number of hydrogen-bond donors (Lipinski definition) is 2. The molecule has 3 heterocycles. The molecule has 2 aromatic rings. The van der Waals surface area contributed by atoms with Gasteiger partial charge in [-0.1, -0.05) is 41.5 Å². The summed E-state index contributed by atoms with van der Waals surface area (Å²) in [6.07, 6.45) is 4.13. The van der Waals surface area contributed by atoms with Crippen molar-refractivity contribution in [2.45, 2.75) is 97.4 Å². The quantitative estimate of drug-likeness (QED) is 0.606. The number of carbonyl (C=O) groups excluding carboxylic acids is 1. The molecule has 2 aliphatic rings. The molecule has 9 nitrogen and oxygen atoms in total. The van der Waals surface area contributed by atoms with Crippen molar-refractivity contribution in [3.63, 3.8) is 0 Å². The largest absolute Gasteiger partial charge is 0.411 e. The fraction of sp³-hybridized carbons (Fsp3) is 0.739. The molecule has 3 atom stereocenters. The van der Waals surface area contributed by atoms with Crippen LogP contribution in [-0.2, 0) is 14.0 Å². The Hall–Kier alpha value is -2.04. The number of aromatic nitrogens is 4. The van der Waals surface area contributed by atoms with Gasteiger partial charge in [-0.15, -0.1) is 0 Å². The van der Waals surface area contributed by atoms with Crippen LogP contribution in [0.25, 0.3) is 11.2 Å². The molecule has 0 aromatic carbocycles. The maximum absolute atomic E-state index is 12.6. The van der Waals surface area contributed by atoms with Gasteiger partial charge >= 0.3 is 0 Å². The highest BCUT2D eigenvalue weighted by molar-refractivity contribution is 6.74. The first kappa shape index (κ1) is 24.1. The van der Waals surface area contributed by atoms with E-state index in [1.165, 1.54) is 0 Å². The fourth-order valence-electron chi connectivity index (χ4n) is 4.03. The molecule has 33 heavy (non-hydrogen) atoms. The van der Waals surface area contributed by atoms with Crippen molar-refractivity contribution in [3.8, 4) is 0 Å². The highest BCUT2D eigenvalue weighted by Gasteiger charge is 2.56. The van der Waals surface area contributed by atoms with Crippen molar-refractivity contribution in [1.29, 1.82) is 0 Å². The Balaban J connectivity index is 1.66. The maximum Gasteiger partial charge on any atom is 0.280 e. The van der Waals surface area contributed by atoms with Crippen LogP contribution >= 0.6 is 0 Å². The molecule has 0 spiro atoms. The number of anilines is 1. The lowest BCUT2D eigenvalue weighted by molar-refractivity contribution is -0.118. The summed E-state index contributed by atoms with van der Waals surface area (Å²) in [7, 11) is -2.00. The van der Waals surface area contributed by atoms with E-state index in [4.69, 9.17) is 9.16 Å². The second kappa shape index (κ2) is 8.02. The van der Waals surface area contributed by atoms with E-state index in [1.54, 1.807) is 20.2 Å². The molecule has 1 saturated heterocycles. The van der Waals surface area contributed by atoms with Crippen LogP contribution in [0.2, 0.25) is 18.1 Å². The fourth-order valence-corrected chi connectivity index (χ4v) is 5.36. The number of fused-ring (bicyclic) bond motifs is 1. The first-order chi connectivity index (χ1) is 15.2. The van der Waals surface area contributed by atoms with E-state index in [1.807, 2.05) is 4.57 Å². The Morgan fingerprint density at radius 1 is 1.36 bits per heavy atom. The Bertz CT molecular complexity index is 1110. The summed E-state index contributed by atoms with van der Waals surface area (Å²) in [5.74, 6) is -0.335. The van der Waals surface area contributed by atoms with Gasteiger partial charge in [0.15, 0.2) is 19.5 Å². The highest BCUT2D eigenvalue weighted by atomic mass is 28.4. The number of nitrogens with one attached hydrogen (secondary N) is 2. The molecular weight excluding hydrogens is 438 g/mol. The third kappa shape index (κ3) is 4.52. The van der Waals surface area contributed by atoms with Crippen molar-refractivity contribution in [3.05, 3.63) is 16.7 Å². The van der Waals surface area contributed by atoms with Crippen LogP contribution in [0.1, 0.15) is 67.0 Å². The van der Waals surface area contributed by atoms with E-state index in [9.17, 15) is 9.59 Å². The average molecular weight is 476 g/mol. The lowest BCUT2D eigenvalue weighted by atomic mass is 9.97. The zero-order chi connectivity index (χ0) is 24.3. The average Bonchev–Trinajstić information content (AvgIpc) is 3.10. The number of ether oxygens (including phenoxy) is 1. The number of amides is 1. The maximum atomic E-state index is 12.6. The number of rotatable bonds is 6. The minimum atomic E-state index is -2.00. The molecule has 0 radical (unpaired) electrons. The smallest absolute Gasteiger partial charge is 0.280 e. The molecular formula is C23H37N5O4Si. The first-order valence-electron chi connectivity index (χ1n) is 11.8. The van der Waals surface area contributed by atoms with Gasteiger partial charge in [0.1, 0.15) is 6.23 Å². The van der Waals surface area contributed by atoms with Crippen LogP contribution in [0.3, 0.4) is 0 Å². The zero-order valence-corrected chi connectivity index (χ0v) is 22.0. The highest BCUT2D eigenvalue weighted by Crippen LogP contribution is 2.55. The standard InChI is InChI=1S/C23H37N5O4Si/c1-13(2)19(29)26-21-25-18-16(20(30)27-21)24-12-28(18)15-11-14(17(31-15)23(6)9-10-23)32-33(7,8)22(3,4)5/h12-15,17H,9-11H2,1-8H3,(H2,25,26,27,29,30)/t14?,15-,17+/m1/s1. The van der Waals surface area contributed by atoms with E-state index >= 15 is 0 Å². The molecule has 2 fully saturated rings. The summed E-state index contributed by atoms with van der Waals surface area (Å²) < 4.78 is 15.2. The summed E-state index contributed by atoms with van der Waals surface area (Å²) >= 11 is 0. The summed E-state index contributed by atoms with van der Waals surface area (Å²) in [6.45, 7) is 17.1. The lowest BCUT2D eigenvalue weighted by Gasteiger charge is -2.40. The van der Waals surface area contributed by atoms with E-state index in [-0.39, 0.29) is 52.2 Å². The molecule has 0 bridgehead atoms.